The summed E-state index contributed by atoms with van der Waals surface area (Å²) in [4.78, 5) is 17.3. The van der Waals surface area contributed by atoms with Crippen molar-refractivity contribution >= 4 is 21.8 Å². The fourth-order valence-electron chi connectivity index (χ4n) is 6.73. The summed E-state index contributed by atoms with van der Waals surface area (Å²) in [5, 5.41) is 5.98. The van der Waals surface area contributed by atoms with Gasteiger partial charge in [-0.25, -0.2) is 17.6 Å². The zero-order valence-corrected chi connectivity index (χ0v) is 27.5. The monoisotopic (exact) mass is 695 g/mol. The number of nitrogens with zero attached hydrogens (tertiary/aromatic N) is 3. The molecule has 2 aliphatic rings. The predicted molar refractivity (Wildman–Crippen MR) is 178 cm³/mol. The molecule has 2 atom stereocenters. The lowest BCUT2D eigenvalue weighted by Crippen LogP contribution is -2.57. The Morgan fingerprint density at radius 2 is 1.65 bits per heavy atom. The number of halogens is 4. The van der Waals surface area contributed by atoms with Gasteiger partial charge in [0.05, 0.1) is 18.1 Å². The van der Waals surface area contributed by atoms with Gasteiger partial charge in [0.15, 0.2) is 0 Å². The molecule has 3 aromatic carbocycles. The van der Waals surface area contributed by atoms with Gasteiger partial charge in [-0.05, 0) is 72.2 Å². The minimum Gasteiger partial charge on any atom is -0.324 e. The molecule has 4 aromatic rings. The van der Waals surface area contributed by atoms with Crippen molar-refractivity contribution in [3.05, 3.63) is 130 Å². The summed E-state index contributed by atoms with van der Waals surface area (Å²) in [5.74, 6) is -4.16. The third kappa shape index (κ3) is 8.18. The number of hydrogen-bond donors (Lipinski definition) is 2. The molecule has 0 spiro atoms. The molecule has 0 radical (unpaired) electrons. The van der Waals surface area contributed by atoms with Gasteiger partial charge in [-0.15, -0.1) is 0 Å². The van der Waals surface area contributed by atoms with Crippen molar-refractivity contribution in [2.75, 3.05) is 31.5 Å². The van der Waals surface area contributed by atoms with E-state index in [0.717, 1.165) is 35.5 Å². The van der Waals surface area contributed by atoms with E-state index in [1.807, 2.05) is 24.3 Å². The SMILES string of the molecule is O=C(C[C@@H](c1ccc(F)cc1)c1cc(F)cc(F)c1)Nc1cncc(F)c1CCC[C@H]1CNCCN1S(=O)(=O)N1CCc2ccccc2C1. The van der Waals surface area contributed by atoms with Crippen molar-refractivity contribution in [1.82, 2.24) is 18.9 Å². The van der Waals surface area contributed by atoms with Crippen LogP contribution < -0.4 is 10.6 Å². The quantitative estimate of drug-likeness (QED) is 0.197. The number of rotatable bonds is 11. The van der Waals surface area contributed by atoms with Crippen LogP contribution in [0, 0.1) is 23.3 Å². The van der Waals surface area contributed by atoms with Gasteiger partial charge in [0.2, 0.25) is 5.91 Å². The highest BCUT2D eigenvalue weighted by Crippen LogP contribution is 2.31. The van der Waals surface area contributed by atoms with E-state index in [1.54, 1.807) is 4.31 Å². The average Bonchev–Trinajstić information content (AvgIpc) is 3.08. The minimum absolute atomic E-state index is 0.145. The molecule has 13 heteroatoms. The van der Waals surface area contributed by atoms with Crippen LogP contribution in [0.5, 0.6) is 0 Å². The van der Waals surface area contributed by atoms with Gasteiger partial charge in [0.1, 0.15) is 23.3 Å². The molecule has 8 nitrogen and oxygen atoms in total. The highest BCUT2D eigenvalue weighted by Gasteiger charge is 2.37. The number of carbonyl (C=O) groups is 1. The van der Waals surface area contributed by atoms with Gasteiger partial charge in [0.25, 0.3) is 10.2 Å². The molecule has 2 aliphatic heterocycles. The molecule has 0 bridgehead atoms. The van der Waals surface area contributed by atoms with Crippen molar-refractivity contribution in [1.29, 1.82) is 0 Å². The summed E-state index contributed by atoms with van der Waals surface area (Å²) >= 11 is 0. The van der Waals surface area contributed by atoms with Crippen molar-refractivity contribution < 1.29 is 30.8 Å². The molecule has 1 fully saturated rings. The smallest absolute Gasteiger partial charge is 0.282 e. The molecule has 49 heavy (non-hydrogen) atoms. The molecule has 0 aliphatic carbocycles. The maximum absolute atomic E-state index is 15.2. The average molecular weight is 696 g/mol. The van der Waals surface area contributed by atoms with E-state index < -0.39 is 45.3 Å². The second-order valence-corrected chi connectivity index (χ2v) is 14.3. The van der Waals surface area contributed by atoms with Gasteiger partial charge >= 0.3 is 0 Å². The molecule has 1 amide bonds. The Bertz CT molecular complexity index is 1890. The van der Waals surface area contributed by atoms with E-state index in [4.69, 9.17) is 0 Å². The zero-order chi connectivity index (χ0) is 34.5. The van der Waals surface area contributed by atoms with Crippen LogP contribution in [0.25, 0.3) is 0 Å². The van der Waals surface area contributed by atoms with E-state index in [2.05, 4.69) is 15.6 Å². The van der Waals surface area contributed by atoms with Crippen LogP contribution in [0.1, 0.15) is 53.0 Å². The number of pyridine rings is 1. The molecule has 0 unspecified atom stereocenters. The molecule has 6 rings (SSSR count). The summed E-state index contributed by atoms with van der Waals surface area (Å²) < 4.78 is 87.8. The molecule has 0 saturated carbocycles. The number of carbonyl (C=O) groups excluding carboxylic acids is 1. The first-order valence-corrected chi connectivity index (χ1v) is 17.7. The number of benzene rings is 3. The third-order valence-electron chi connectivity index (χ3n) is 9.21. The number of piperazine rings is 1. The first-order chi connectivity index (χ1) is 23.6. The van der Waals surface area contributed by atoms with E-state index in [0.29, 0.717) is 57.5 Å². The van der Waals surface area contributed by atoms with Crippen LogP contribution in [0.2, 0.25) is 0 Å². The lowest BCUT2D eigenvalue weighted by atomic mass is 9.88. The van der Waals surface area contributed by atoms with Gasteiger partial charge in [-0.3, -0.25) is 9.78 Å². The Balaban J connectivity index is 1.13. The molecular formula is C36H37F4N5O3S. The third-order valence-corrected chi connectivity index (χ3v) is 11.2. The standard InChI is InChI=1S/C36H37F4N5O3S/c37-28-10-8-25(9-11-28)33(27-16-29(38)18-30(39)17-27)19-36(46)43-35-22-42-21-34(40)32(35)7-3-6-31-20-41-13-15-45(31)49(47,48)44-14-12-24-4-1-2-5-26(24)23-44/h1-2,4-5,8-11,16-18,21-22,31,33,41H,3,6-7,12-15,19-20,23H2,(H,43,46)/t31-,33-/m0/s1. The highest BCUT2D eigenvalue weighted by atomic mass is 32.2. The molecular weight excluding hydrogens is 658 g/mol. The van der Waals surface area contributed by atoms with Gasteiger partial charge in [-0.1, -0.05) is 36.4 Å². The van der Waals surface area contributed by atoms with E-state index in [1.165, 1.54) is 34.8 Å². The van der Waals surface area contributed by atoms with Gasteiger partial charge in [0, 0.05) is 62.7 Å². The maximum Gasteiger partial charge on any atom is 0.282 e. The minimum atomic E-state index is -3.75. The number of aromatic nitrogens is 1. The number of nitrogens with one attached hydrogen (secondary N) is 2. The number of amides is 1. The summed E-state index contributed by atoms with van der Waals surface area (Å²) in [7, 11) is -3.75. The van der Waals surface area contributed by atoms with Crippen molar-refractivity contribution in [3.8, 4) is 0 Å². The lowest BCUT2D eigenvalue weighted by molar-refractivity contribution is -0.116. The summed E-state index contributed by atoms with van der Waals surface area (Å²) in [5.41, 5.74) is 3.16. The molecule has 1 saturated heterocycles. The van der Waals surface area contributed by atoms with Crippen molar-refractivity contribution in [3.63, 3.8) is 0 Å². The molecule has 258 valence electrons. The summed E-state index contributed by atoms with van der Waals surface area (Å²) in [6, 6.07) is 15.7. The molecule has 1 aromatic heterocycles. The summed E-state index contributed by atoms with van der Waals surface area (Å²) in [6.07, 6.45) is 3.82. The lowest BCUT2D eigenvalue weighted by Gasteiger charge is -2.39. The largest absolute Gasteiger partial charge is 0.324 e. The predicted octanol–water partition coefficient (Wildman–Crippen LogP) is 5.70. The van der Waals surface area contributed by atoms with Crippen LogP contribution in [-0.2, 0) is 34.4 Å². The second kappa shape index (κ2) is 15.2. The first-order valence-electron chi connectivity index (χ1n) is 16.3. The van der Waals surface area contributed by atoms with Gasteiger partial charge in [-0.2, -0.15) is 17.0 Å². The Kier molecular flexibility index (Phi) is 10.7. The number of anilines is 1. The van der Waals surface area contributed by atoms with Crippen LogP contribution in [0.3, 0.4) is 0 Å². The van der Waals surface area contributed by atoms with Crippen molar-refractivity contribution in [2.24, 2.45) is 0 Å². The normalized spacial score (nSPS) is 17.8. The Morgan fingerprint density at radius 1 is 0.918 bits per heavy atom. The first kappa shape index (κ1) is 34.7. The highest BCUT2D eigenvalue weighted by molar-refractivity contribution is 7.86. The zero-order valence-electron chi connectivity index (χ0n) is 26.7. The van der Waals surface area contributed by atoms with E-state index >= 15 is 4.39 Å². The van der Waals surface area contributed by atoms with Crippen LogP contribution in [0.4, 0.5) is 23.2 Å². The fourth-order valence-corrected chi connectivity index (χ4v) is 8.53. The number of hydrogen-bond acceptors (Lipinski definition) is 5. The van der Waals surface area contributed by atoms with Crippen molar-refractivity contribution in [2.45, 2.75) is 50.6 Å². The molecule has 3 heterocycles. The van der Waals surface area contributed by atoms with E-state index in [9.17, 15) is 26.4 Å². The number of fused-ring (bicyclic) bond motifs is 1. The second-order valence-electron chi connectivity index (χ2n) is 12.4. The summed E-state index contributed by atoms with van der Waals surface area (Å²) in [6.45, 7) is 2.02. The molecule has 2 N–H and O–H groups in total. The Labute approximate surface area is 283 Å². The van der Waals surface area contributed by atoms with Crippen LogP contribution >= 0.6 is 0 Å². The van der Waals surface area contributed by atoms with Gasteiger partial charge < -0.3 is 10.6 Å². The van der Waals surface area contributed by atoms with E-state index in [-0.39, 0.29) is 35.7 Å². The maximum atomic E-state index is 15.2. The van der Waals surface area contributed by atoms with Crippen LogP contribution in [-0.4, -0.2) is 60.1 Å². The fraction of sp³-hybridized carbons (Fsp3) is 0.333. The Hall–Kier alpha value is -4.17. The Morgan fingerprint density at radius 3 is 2.41 bits per heavy atom. The van der Waals surface area contributed by atoms with Crippen LogP contribution in [0.15, 0.2) is 79.1 Å². The topological polar surface area (TPSA) is 94.6 Å².